The predicted molar refractivity (Wildman–Crippen MR) is 278 cm³/mol. The summed E-state index contributed by atoms with van der Waals surface area (Å²) in [4.78, 5) is 58.4. The molecule has 0 amide bonds. The van der Waals surface area contributed by atoms with Gasteiger partial charge in [-0.15, -0.1) is 0 Å². The van der Waals surface area contributed by atoms with Gasteiger partial charge in [-0.05, 0) is 42.5 Å². The minimum Gasteiger partial charge on any atom is -0.497 e. The van der Waals surface area contributed by atoms with Crippen LogP contribution in [-0.4, -0.2) is 141 Å². The third kappa shape index (κ3) is 12.9. The van der Waals surface area contributed by atoms with Crippen molar-refractivity contribution in [1.29, 1.82) is 0 Å². The van der Waals surface area contributed by atoms with Crippen LogP contribution < -0.4 is 9.47 Å². The van der Waals surface area contributed by atoms with Crippen LogP contribution in [0.25, 0.3) is 44.1 Å². The summed E-state index contributed by atoms with van der Waals surface area (Å²) in [6, 6.07) is 17.3. The van der Waals surface area contributed by atoms with Crippen molar-refractivity contribution in [1.82, 2.24) is 0 Å². The molecule has 0 aromatic heterocycles. The third-order valence-electron chi connectivity index (χ3n) is 10.7. The lowest BCUT2D eigenvalue weighted by molar-refractivity contribution is -0.00460. The zero-order valence-corrected chi connectivity index (χ0v) is 43.2. The second-order valence-corrected chi connectivity index (χ2v) is 21.4. The highest BCUT2D eigenvalue weighted by Gasteiger charge is 2.38. The van der Waals surface area contributed by atoms with Gasteiger partial charge in [0.25, 0.3) is 63.6 Å². The zero-order valence-electron chi connectivity index (χ0n) is 40.0. The highest BCUT2D eigenvalue weighted by atomic mass is 32.2. The van der Waals surface area contributed by atoms with Crippen LogP contribution in [-0.2, 0) is 57.2 Å². The molecule has 0 spiro atoms. The van der Waals surface area contributed by atoms with E-state index in [4.69, 9.17) is 31.6 Å². The monoisotopic (exact) mass is 1150 g/mol. The number of carbonyl (C=O) groups excluding carboxylic acids is 4. The first-order valence-corrected chi connectivity index (χ1v) is 26.3. The van der Waals surface area contributed by atoms with Crippen molar-refractivity contribution in [2.45, 2.75) is 24.6 Å². The van der Waals surface area contributed by atoms with E-state index in [0.717, 1.165) is 40.6 Å². The first-order valence-electron chi connectivity index (χ1n) is 20.6. The first-order chi connectivity index (χ1) is 35.9. The average molecular weight is 1150 g/mol. The van der Waals surface area contributed by atoms with E-state index in [1.165, 1.54) is 99.2 Å². The zero-order chi connectivity index (χ0) is 56.5. The molecule has 0 heterocycles. The van der Waals surface area contributed by atoms with Crippen molar-refractivity contribution in [2.24, 2.45) is 0 Å². The van der Waals surface area contributed by atoms with Crippen LogP contribution in [0.1, 0.15) is 78.5 Å². The molecule has 0 fully saturated rings. The summed E-state index contributed by atoms with van der Waals surface area (Å²) in [5.41, 5.74) is 35.1. The second kappa shape index (κ2) is 25.9. The molecule has 0 radical (unpaired) electrons. The van der Waals surface area contributed by atoms with Crippen molar-refractivity contribution >= 4 is 108 Å². The van der Waals surface area contributed by atoms with Gasteiger partial charge >= 0.3 is 22.8 Å². The van der Waals surface area contributed by atoms with Crippen LogP contribution in [0.3, 0.4) is 0 Å². The molecule has 0 saturated heterocycles. The number of Topliss-reactive ketones (excluding diaryl/α,β-unsaturated/α-hetero) is 4. The number of benzene rings is 4. The molecule has 8 rings (SSSR count). The molecule has 0 unspecified atom stereocenters. The topological polar surface area (TPSA) is 406 Å². The molecule has 0 bridgehead atoms. The van der Waals surface area contributed by atoms with E-state index >= 15 is 0 Å². The molecule has 78 heavy (non-hydrogen) atoms. The van der Waals surface area contributed by atoms with E-state index < -0.39 is 63.6 Å². The van der Waals surface area contributed by atoms with Crippen molar-refractivity contribution in [3.63, 3.8) is 0 Å². The maximum atomic E-state index is 12.1. The van der Waals surface area contributed by atoms with E-state index in [-0.39, 0.29) is 108 Å². The molecule has 4 aromatic carbocycles. The fraction of sp³-hybridized carbons (Fsp3) is 0.167. The van der Waals surface area contributed by atoms with Gasteiger partial charge in [0, 0.05) is 62.7 Å². The number of rotatable bonds is 10. The molecule has 0 aliphatic heterocycles. The number of ketones is 4. The highest BCUT2D eigenvalue weighted by Crippen LogP contribution is 2.34. The van der Waals surface area contributed by atoms with Gasteiger partial charge in [-0.25, -0.2) is 0 Å². The number of nitrogens with zero attached hydrogens (tertiary/aromatic N) is 8. The normalized spacial score (nSPS) is 14.0. The standard InChI is InChI=1S/2C12H10N2O5S.2C11H8N2O4S.2CH4/c1-18-7-5-9-8(3-4-10(14-13)12(9)15)11(6-7)20(16,17)19-2;1-18-7-3-4-8-9(5-7)12(15)10(14-13)6-11(8)20(16,17)19-2;1-17-18(15,16)10-4-2-3-8-7(10)5-6-9(13-12)11(8)14;1-17-18(15,16)10-6-9(13-12)11(14)8-5-3-2-4-7(8)10;;/h2*3-6H,1-2H3;2*2-6H,1H3;2*1H4. The van der Waals surface area contributed by atoms with E-state index in [2.05, 4.69) is 35.9 Å². The average Bonchev–Trinajstić information content (AvgIpc) is 3.44. The van der Waals surface area contributed by atoms with Gasteiger partial charge in [0.15, 0.2) is 0 Å². The third-order valence-corrected chi connectivity index (χ3v) is 16.0. The van der Waals surface area contributed by atoms with E-state index in [1.807, 2.05) is 0 Å². The van der Waals surface area contributed by atoms with Crippen LogP contribution in [0, 0.1) is 0 Å². The van der Waals surface area contributed by atoms with Crippen molar-refractivity contribution in [2.75, 3.05) is 42.7 Å². The Morgan fingerprint density at radius 2 is 0.756 bits per heavy atom. The summed E-state index contributed by atoms with van der Waals surface area (Å²) in [6.45, 7) is 0. The maximum absolute atomic E-state index is 12.1. The Balaban J connectivity index is 0.000000271. The Morgan fingerprint density at radius 1 is 0.372 bits per heavy atom. The van der Waals surface area contributed by atoms with Crippen molar-refractivity contribution < 1.29 is 98.2 Å². The molecule has 30 heteroatoms. The SMILES string of the molecule is C.C.COS(=O)(=O)C1=CC(=[N+]=[N-])C(=O)c2ccccc21.COS(=O)(=O)c1cccc2c1C=CC(=[N+]=[N-])C2=O.COc1cc2c(c(S(=O)(=O)OC)c1)C=CC(=[N+]=[N-])C2=O.COc1ccc2c(c1)C(=O)C(=[N+]=[N-])C=C2S(=O)(=O)OC. The Kier molecular flexibility index (Phi) is 21.1. The first kappa shape index (κ1) is 63.6. The highest BCUT2D eigenvalue weighted by molar-refractivity contribution is 7.96. The number of ether oxygens (including phenoxy) is 2. The molecular weight excluding hydrogens is 1100 g/mol. The Morgan fingerprint density at radius 3 is 1.22 bits per heavy atom. The molecule has 0 saturated carbocycles. The van der Waals surface area contributed by atoms with Gasteiger partial charge in [-0.3, -0.25) is 35.9 Å². The summed E-state index contributed by atoms with van der Waals surface area (Å²) in [5, 5.41) is 0. The maximum Gasteiger partial charge on any atom is 0.364 e. The lowest BCUT2D eigenvalue weighted by Gasteiger charge is -2.14. The van der Waals surface area contributed by atoms with Gasteiger partial charge in [-0.2, -0.15) is 52.8 Å². The van der Waals surface area contributed by atoms with Gasteiger partial charge in [0.05, 0.1) is 54.8 Å². The molecule has 408 valence electrons. The fourth-order valence-corrected chi connectivity index (χ4v) is 10.5. The van der Waals surface area contributed by atoms with Gasteiger partial charge in [0.1, 0.15) is 31.1 Å². The van der Waals surface area contributed by atoms with Crippen LogP contribution >= 0.6 is 0 Å². The quantitative estimate of drug-likeness (QED) is 0.116. The second-order valence-electron chi connectivity index (χ2n) is 14.7. The summed E-state index contributed by atoms with van der Waals surface area (Å²) >= 11 is 0. The van der Waals surface area contributed by atoms with Crippen molar-refractivity contribution in [3.05, 3.63) is 164 Å². The summed E-state index contributed by atoms with van der Waals surface area (Å²) in [5.74, 6) is -1.72. The Bertz CT molecular complexity index is 4010. The number of hydrogen-bond acceptors (Lipinski definition) is 18. The number of carbonyl (C=O) groups is 4. The van der Waals surface area contributed by atoms with Gasteiger partial charge in [-0.1, -0.05) is 51.3 Å². The minimum absolute atomic E-state index is 0. The molecule has 4 aliphatic rings. The van der Waals surface area contributed by atoms with Crippen molar-refractivity contribution in [3.8, 4) is 11.5 Å². The number of allylic oxidation sites excluding steroid dienone is 4. The van der Waals surface area contributed by atoms with E-state index in [9.17, 15) is 52.8 Å². The van der Waals surface area contributed by atoms with E-state index in [0.29, 0.717) is 5.75 Å². The molecule has 4 aromatic rings. The number of fused-ring (bicyclic) bond motifs is 4. The predicted octanol–water partition coefficient (Wildman–Crippen LogP) is 4.84. The van der Waals surface area contributed by atoms with Gasteiger partial charge < -0.3 is 31.6 Å². The van der Waals surface area contributed by atoms with Crippen LogP contribution in [0.15, 0.2) is 107 Å². The Hall–Kier alpha value is -8.72. The largest absolute Gasteiger partial charge is 0.497 e. The smallest absolute Gasteiger partial charge is 0.364 e. The van der Waals surface area contributed by atoms with E-state index in [1.54, 1.807) is 12.1 Å². The minimum atomic E-state index is -4.04. The Labute approximate surface area is 447 Å². The lowest BCUT2D eigenvalue weighted by atomic mass is 9.94. The lowest BCUT2D eigenvalue weighted by Crippen LogP contribution is -2.23. The molecule has 0 atom stereocenters. The number of methoxy groups -OCH3 is 2. The fourth-order valence-electron chi connectivity index (χ4n) is 7.01. The van der Waals surface area contributed by atoms with Gasteiger partial charge in [0.2, 0.25) is 0 Å². The summed E-state index contributed by atoms with van der Waals surface area (Å²) in [7, 11) is -9.08. The molecule has 26 nitrogen and oxygen atoms in total. The molecular formula is C48H44N8O18S4. The summed E-state index contributed by atoms with van der Waals surface area (Å²) < 4.78 is 122. The summed E-state index contributed by atoms with van der Waals surface area (Å²) in [6.07, 6.45) is 7.21. The van der Waals surface area contributed by atoms with Crippen LogP contribution in [0.2, 0.25) is 0 Å². The number of hydrogen-bond donors (Lipinski definition) is 0. The van der Waals surface area contributed by atoms with Crippen LogP contribution in [0.4, 0.5) is 0 Å². The molecule has 4 aliphatic carbocycles. The molecule has 0 N–H and O–H groups in total. The van der Waals surface area contributed by atoms with Crippen LogP contribution in [0.5, 0.6) is 11.5 Å².